The summed E-state index contributed by atoms with van der Waals surface area (Å²) in [6.07, 6.45) is 0. The first-order chi connectivity index (χ1) is 6.29. The molecule has 0 aliphatic carbocycles. The summed E-state index contributed by atoms with van der Waals surface area (Å²) in [6, 6.07) is 0. The van der Waals surface area contributed by atoms with Gasteiger partial charge in [0.1, 0.15) is 0 Å². The average Bonchev–Trinajstić information content (AvgIpc) is 1.96. The maximum Gasteiger partial charge on any atom is 0.176 e. The Labute approximate surface area is 91.3 Å². The second kappa shape index (κ2) is 5.63. The van der Waals surface area contributed by atoms with Crippen LogP contribution in [0.5, 0.6) is 0 Å². The van der Waals surface area contributed by atoms with Crippen LogP contribution in [-0.4, -0.2) is 6.71 Å². The van der Waals surface area contributed by atoms with Crippen LogP contribution in [0, 0.1) is 5.92 Å². The molecule has 0 aromatic rings. The van der Waals surface area contributed by atoms with Crippen LogP contribution < -0.4 is 0 Å². The van der Waals surface area contributed by atoms with Crippen molar-refractivity contribution in [1.82, 2.24) is 0 Å². The fourth-order valence-corrected chi connectivity index (χ4v) is 2.78. The Morgan fingerprint density at radius 3 is 1.21 bits per heavy atom. The van der Waals surface area contributed by atoms with Gasteiger partial charge in [0.25, 0.3) is 0 Å². The number of hydrogen-bond acceptors (Lipinski definition) is 0. The second-order valence-electron chi connectivity index (χ2n) is 5.62. The van der Waals surface area contributed by atoms with Gasteiger partial charge in [-0.2, -0.15) is 0 Å². The molecule has 0 aromatic heterocycles. The van der Waals surface area contributed by atoms with E-state index in [1.807, 2.05) is 0 Å². The van der Waals surface area contributed by atoms with E-state index in [0.717, 1.165) is 18.3 Å². The Bertz CT molecular complexity index is 187. The third-order valence-electron chi connectivity index (χ3n) is 2.99. The first kappa shape index (κ1) is 13.8. The molecule has 0 aliphatic rings. The monoisotopic (exact) mass is 194 g/mol. The Morgan fingerprint density at radius 1 is 0.786 bits per heavy atom. The summed E-state index contributed by atoms with van der Waals surface area (Å²) in [4.78, 5) is 0. The fraction of sp³-hybridized carbons (Fsp3) is 0.846. The van der Waals surface area contributed by atoms with Gasteiger partial charge < -0.3 is 0 Å². The molecule has 0 unspecified atom stereocenters. The number of hydrogen-bond donors (Lipinski definition) is 0. The van der Waals surface area contributed by atoms with Crippen molar-refractivity contribution in [2.24, 2.45) is 5.92 Å². The molecule has 14 heavy (non-hydrogen) atoms. The quantitative estimate of drug-likeness (QED) is 0.562. The zero-order chi connectivity index (χ0) is 11.5. The molecular weight excluding hydrogens is 167 g/mol. The van der Waals surface area contributed by atoms with E-state index in [9.17, 15) is 0 Å². The molecular formula is C13H27B. The van der Waals surface area contributed by atoms with Gasteiger partial charge >= 0.3 is 0 Å². The molecule has 0 heterocycles. The van der Waals surface area contributed by atoms with E-state index >= 15 is 0 Å². The van der Waals surface area contributed by atoms with Gasteiger partial charge in [-0.3, -0.25) is 0 Å². The summed E-state index contributed by atoms with van der Waals surface area (Å²) in [5, 5.41) is 0. The Kier molecular flexibility index (Phi) is 5.55. The highest BCUT2D eigenvalue weighted by Gasteiger charge is 2.28. The largest absolute Gasteiger partial charge is 0.176 e. The van der Waals surface area contributed by atoms with E-state index in [2.05, 4.69) is 55.4 Å². The normalized spacial score (nSPS) is 11.4. The molecule has 0 amide bonds. The van der Waals surface area contributed by atoms with Gasteiger partial charge in [0, 0.05) is 0 Å². The minimum atomic E-state index is 0.690. The molecule has 0 bridgehead atoms. The van der Waals surface area contributed by atoms with E-state index in [1.54, 1.807) is 5.47 Å². The molecule has 0 saturated heterocycles. The lowest BCUT2D eigenvalue weighted by Crippen LogP contribution is -2.28. The van der Waals surface area contributed by atoms with E-state index in [4.69, 9.17) is 0 Å². The molecule has 0 fully saturated rings. The van der Waals surface area contributed by atoms with Crippen molar-refractivity contribution in [3.8, 4) is 0 Å². The molecule has 0 atom stereocenters. The fourth-order valence-electron chi connectivity index (χ4n) is 2.78. The number of allylic oxidation sites excluding steroid dienone is 2. The van der Waals surface area contributed by atoms with E-state index in [1.165, 1.54) is 5.57 Å². The molecule has 0 N–H and O–H groups in total. The third kappa shape index (κ3) is 3.51. The van der Waals surface area contributed by atoms with E-state index < -0.39 is 0 Å². The first-order valence-electron chi connectivity index (χ1n) is 5.96. The summed E-state index contributed by atoms with van der Waals surface area (Å²) >= 11 is 0. The highest BCUT2D eigenvalue weighted by molar-refractivity contribution is 6.69. The molecule has 0 saturated carbocycles. The maximum atomic E-state index is 2.34. The number of rotatable bonds is 4. The van der Waals surface area contributed by atoms with Crippen LogP contribution in [0.15, 0.2) is 11.0 Å². The minimum absolute atomic E-state index is 0.690. The van der Waals surface area contributed by atoms with Gasteiger partial charge in [-0.05, 0) is 19.8 Å². The van der Waals surface area contributed by atoms with Crippen LogP contribution in [0.4, 0.5) is 0 Å². The van der Waals surface area contributed by atoms with Gasteiger partial charge in [0.15, 0.2) is 6.71 Å². The Morgan fingerprint density at radius 2 is 1.14 bits per heavy atom. The van der Waals surface area contributed by atoms with Crippen LogP contribution in [-0.2, 0) is 0 Å². The topological polar surface area (TPSA) is 0 Å². The van der Waals surface area contributed by atoms with Gasteiger partial charge in [-0.25, -0.2) is 0 Å². The lowest BCUT2D eigenvalue weighted by molar-refractivity contribution is 0.776. The van der Waals surface area contributed by atoms with Crippen molar-refractivity contribution in [3.63, 3.8) is 0 Å². The second-order valence-corrected chi connectivity index (χ2v) is 5.62. The van der Waals surface area contributed by atoms with Crippen molar-refractivity contribution in [1.29, 1.82) is 0 Å². The molecule has 0 nitrogen and oxygen atoms in total. The summed E-state index contributed by atoms with van der Waals surface area (Å²) in [5.41, 5.74) is 3.20. The highest BCUT2D eigenvalue weighted by atomic mass is 14.1. The average molecular weight is 194 g/mol. The molecule has 0 aliphatic heterocycles. The molecule has 0 aromatic carbocycles. The summed E-state index contributed by atoms with van der Waals surface area (Å²) in [7, 11) is 0. The zero-order valence-electron chi connectivity index (χ0n) is 11.3. The van der Waals surface area contributed by atoms with Gasteiger partial charge in [0.2, 0.25) is 0 Å². The van der Waals surface area contributed by atoms with Crippen LogP contribution in [0.3, 0.4) is 0 Å². The van der Waals surface area contributed by atoms with Crippen molar-refractivity contribution in [2.75, 3.05) is 0 Å². The standard InChI is InChI=1S/C13H27B/c1-9(2)13(10(3)4)14(11(5)6)12(7)8/h9,11-12H,1-8H3. The predicted molar refractivity (Wildman–Crippen MR) is 69.2 cm³/mol. The maximum absolute atomic E-state index is 2.34. The predicted octanol–water partition coefficient (Wildman–Crippen LogP) is 4.83. The summed E-state index contributed by atoms with van der Waals surface area (Å²) < 4.78 is 0. The molecule has 82 valence electrons. The van der Waals surface area contributed by atoms with Crippen molar-refractivity contribution < 1.29 is 0 Å². The molecule has 0 radical (unpaired) electrons. The molecule has 1 heteroatoms. The van der Waals surface area contributed by atoms with Crippen LogP contribution in [0.1, 0.15) is 55.4 Å². The van der Waals surface area contributed by atoms with Crippen LogP contribution in [0.2, 0.25) is 11.6 Å². The zero-order valence-corrected chi connectivity index (χ0v) is 11.3. The summed E-state index contributed by atoms with van der Waals surface area (Å²) in [6.45, 7) is 19.3. The van der Waals surface area contributed by atoms with Gasteiger partial charge in [-0.15, -0.1) is 0 Å². The van der Waals surface area contributed by atoms with Crippen molar-refractivity contribution in [3.05, 3.63) is 11.0 Å². The van der Waals surface area contributed by atoms with Crippen LogP contribution >= 0.6 is 0 Å². The highest BCUT2D eigenvalue weighted by Crippen LogP contribution is 2.32. The van der Waals surface area contributed by atoms with E-state index in [0.29, 0.717) is 5.92 Å². The summed E-state index contributed by atoms with van der Waals surface area (Å²) in [5.74, 6) is 2.19. The first-order valence-corrected chi connectivity index (χ1v) is 5.96. The van der Waals surface area contributed by atoms with Gasteiger partial charge in [0.05, 0.1) is 0 Å². The Hall–Kier alpha value is -0.195. The lowest BCUT2D eigenvalue weighted by Gasteiger charge is -2.28. The van der Waals surface area contributed by atoms with Crippen LogP contribution in [0.25, 0.3) is 0 Å². The molecule has 0 spiro atoms. The van der Waals surface area contributed by atoms with Crippen molar-refractivity contribution >= 4 is 6.71 Å². The SMILES string of the molecule is CC(C)=C(B(C(C)C)C(C)C)C(C)C. The van der Waals surface area contributed by atoms with E-state index in [-0.39, 0.29) is 0 Å². The van der Waals surface area contributed by atoms with Gasteiger partial charge in [-0.1, -0.05) is 64.2 Å². The third-order valence-corrected chi connectivity index (χ3v) is 2.99. The smallest absolute Gasteiger partial charge is 0.0994 e. The molecule has 0 rings (SSSR count). The van der Waals surface area contributed by atoms with Crippen molar-refractivity contribution in [2.45, 2.75) is 67.0 Å². The minimum Gasteiger partial charge on any atom is -0.0994 e. The lowest BCUT2D eigenvalue weighted by atomic mass is 9.29. The Balaban J connectivity index is 5.06.